The third-order valence-corrected chi connectivity index (χ3v) is 7.32. The van der Waals surface area contributed by atoms with Crippen molar-refractivity contribution < 1.29 is 21.9 Å². The Bertz CT molecular complexity index is 725. The first kappa shape index (κ1) is 16.4. The summed E-state index contributed by atoms with van der Waals surface area (Å²) in [6, 6.07) is 4.76. The van der Waals surface area contributed by atoms with Gasteiger partial charge in [-0.3, -0.25) is 0 Å². The number of hydrogen-bond donors (Lipinski definition) is 1. The summed E-state index contributed by atoms with van der Waals surface area (Å²) in [6.45, 7) is 1.62. The second-order valence-corrected chi connectivity index (χ2v) is 9.38. The van der Waals surface area contributed by atoms with Gasteiger partial charge in [-0.2, -0.15) is 4.31 Å². The van der Waals surface area contributed by atoms with Crippen molar-refractivity contribution in [3.8, 4) is 0 Å². The topological polar surface area (TPSA) is 91.8 Å². The Balaban J connectivity index is 2.38. The van der Waals surface area contributed by atoms with Crippen LogP contribution in [0.4, 0.5) is 0 Å². The maximum Gasteiger partial charge on any atom is 0.243 e. The third kappa shape index (κ3) is 3.63. The van der Waals surface area contributed by atoms with Gasteiger partial charge in [0.2, 0.25) is 10.0 Å². The van der Waals surface area contributed by atoms with Crippen molar-refractivity contribution in [3.63, 3.8) is 0 Å². The number of aryl methyl sites for hydroxylation is 1. The van der Waals surface area contributed by atoms with Gasteiger partial charge in [0, 0.05) is 13.1 Å². The molecule has 1 aliphatic rings. The monoisotopic (exact) mass is 333 g/mol. The molecule has 1 saturated heterocycles. The highest BCUT2D eigenvalue weighted by atomic mass is 32.2. The Morgan fingerprint density at radius 3 is 2.62 bits per heavy atom. The van der Waals surface area contributed by atoms with E-state index in [4.69, 9.17) is 5.11 Å². The fourth-order valence-electron chi connectivity index (χ4n) is 2.32. The van der Waals surface area contributed by atoms with E-state index < -0.39 is 19.9 Å². The molecule has 0 radical (unpaired) electrons. The van der Waals surface area contributed by atoms with Gasteiger partial charge in [0.15, 0.2) is 9.84 Å². The van der Waals surface area contributed by atoms with E-state index >= 15 is 0 Å². The van der Waals surface area contributed by atoms with E-state index in [0.29, 0.717) is 17.5 Å². The smallest absolute Gasteiger partial charge is 0.243 e. The van der Waals surface area contributed by atoms with Crippen LogP contribution in [-0.4, -0.2) is 50.8 Å². The van der Waals surface area contributed by atoms with Gasteiger partial charge in [-0.15, -0.1) is 0 Å². The first-order chi connectivity index (χ1) is 9.76. The number of rotatable bonds is 3. The van der Waals surface area contributed by atoms with Crippen LogP contribution in [0.3, 0.4) is 0 Å². The maximum absolute atomic E-state index is 12.7. The highest BCUT2D eigenvalue weighted by Crippen LogP contribution is 2.23. The van der Waals surface area contributed by atoms with Gasteiger partial charge in [-0.05, 0) is 30.5 Å². The molecule has 1 aliphatic heterocycles. The normalized spacial score (nSPS) is 20.1. The highest BCUT2D eigenvalue weighted by Gasteiger charge is 2.30. The van der Waals surface area contributed by atoms with Crippen LogP contribution in [0.1, 0.15) is 17.5 Å². The van der Waals surface area contributed by atoms with Gasteiger partial charge in [0.05, 0.1) is 23.0 Å². The maximum atomic E-state index is 12.7. The molecule has 1 aromatic rings. The summed E-state index contributed by atoms with van der Waals surface area (Å²) < 4.78 is 49.8. The fraction of sp³-hybridized carbons (Fsp3) is 0.538. The zero-order chi connectivity index (χ0) is 15.7. The quantitative estimate of drug-likeness (QED) is 0.859. The predicted molar refractivity (Wildman–Crippen MR) is 79.1 cm³/mol. The molecule has 0 saturated carbocycles. The molecular weight excluding hydrogens is 314 g/mol. The molecule has 1 heterocycles. The molecule has 0 aromatic heterocycles. The van der Waals surface area contributed by atoms with E-state index in [1.807, 2.05) is 0 Å². The molecule has 6 nitrogen and oxygen atoms in total. The number of sulfone groups is 1. The van der Waals surface area contributed by atoms with Crippen molar-refractivity contribution in [2.75, 3.05) is 24.6 Å². The van der Waals surface area contributed by atoms with Crippen molar-refractivity contribution in [2.24, 2.45) is 0 Å². The largest absolute Gasteiger partial charge is 0.392 e. The summed E-state index contributed by atoms with van der Waals surface area (Å²) in [4.78, 5) is 0.133. The van der Waals surface area contributed by atoms with E-state index in [1.54, 1.807) is 19.1 Å². The average Bonchev–Trinajstić information content (AvgIpc) is 2.60. The first-order valence-electron chi connectivity index (χ1n) is 6.67. The Labute approximate surface area is 125 Å². The Morgan fingerprint density at radius 2 is 1.95 bits per heavy atom. The number of sulfonamides is 1. The number of aliphatic hydroxyl groups is 1. The summed E-state index contributed by atoms with van der Waals surface area (Å²) in [6.07, 6.45) is 0.306. The van der Waals surface area contributed by atoms with E-state index in [-0.39, 0.29) is 36.1 Å². The zero-order valence-corrected chi connectivity index (χ0v) is 13.5. The molecule has 0 aliphatic carbocycles. The van der Waals surface area contributed by atoms with Crippen LogP contribution in [0.15, 0.2) is 23.1 Å². The van der Waals surface area contributed by atoms with Crippen LogP contribution in [0.2, 0.25) is 0 Å². The third-order valence-electron chi connectivity index (χ3n) is 3.57. The molecule has 0 bridgehead atoms. The van der Waals surface area contributed by atoms with Crippen molar-refractivity contribution in [3.05, 3.63) is 29.3 Å². The summed E-state index contributed by atoms with van der Waals surface area (Å²) in [7, 11) is -6.90. The van der Waals surface area contributed by atoms with Gasteiger partial charge in [-0.25, -0.2) is 16.8 Å². The number of aliphatic hydroxyl groups excluding tert-OH is 1. The minimum atomic E-state index is -3.74. The molecule has 2 rings (SSSR count). The summed E-state index contributed by atoms with van der Waals surface area (Å²) in [5, 5.41) is 9.15. The molecule has 0 unspecified atom stereocenters. The van der Waals surface area contributed by atoms with Crippen LogP contribution in [-0.2, 0) is 26.5 Å². The fourth-order valence-corrected chi connectivity index (χ4v) is 5.46. The Kier molecular flexibility index (Phi) is 4.72. The van der Waals surface area contributed by atoms with Crippen LogP contribution >= 0.6 is 0 Å². The van der Waals surface area contributed by atoms with E-state index in [0.717, 1.165) is 0 Å². The van der Waals surface area contributed by atoms with Crippen molar-refractivity contribution in [1.29, 1.82) is 0 Å². The van der Waals surface area contributed by atoms with Crippen molar-refractivity contribution >= 4 is 19.9 Å². The molecule has 0 atom stereocenters. The minimum absolute atomic E-state index is 0.0204. The zero-order valence-electron chi connectivity index (χ0n) is 11.8. The van der Waals surface area contributed by atoms with Crippen LogP contribution in [0.25, 0.3) is 0 Å². The average molecular weight is 333 g/mol. The molecule has 1 aromatic carbocycles. The van der Waals surface area contributed by atoms with Gasteiger partial charge in [0.1, 0.15) is 0 Å². The van der Waals surface area contributed by atoms with E-state index in [9.17, 15) is 16.8 Å². The molecular formula is C13H19NO5S2. The number of hydrogen-bond acceptors (Lipinski definition) is 5. The van der Waals surface area contributed by atoms with E-state index in [1.165, 1.54) is 10.4 Å². The summed E-state index contributed by atoms with van der Waals surface area (Å²) in [5.41, 5.74) is 1.10. The lowest BCUT2D eigenvalue weighted by Gasteiger charge is -2.21. The summed E-state index contributed by atoms with van der Waals surface area (Å²) in [5.74, 6) is -0.125. The van der Waals surface area contributed by atoms with Crippen LogP contribution in [0.5, 0.6) is 0 Å². The number of benzene rings is 1. The second-order valence-electron chi connectivity index (χ2n) is 5.17. The molecule has 21 heavy (non-hydrogen) atoms. The lowest BCUT2D eigenvalue weighted by Crippen LogP contribution is -2.34. The SMILES string of the molecule is Cc1ccc(CO)cc1S(=O)(=O)N1CCCS(=O)(=O)CC1. The Morgan fingerprint density at radius 1 is 1.24 bits per heavy atom. The van der Waals surface area contributed by atoms with Gasteiger partial charge in [0.25, 0.3) is 0 Å². The van der Waals surface area contributed by atoms with Crippen LogP contribution < -0.4 is 0 Å². The van der Waals surface area contributed by atoms with Crippen molar-refractivity contribution in [1.82, 2.24) is 4.31 Å². The number of nitrogens with zero attached hydrogens (tertiary/aromatic N) is 1. The predicted octanol–water partition coefficient (Wildman–Crippen LogP) is 0.297. The lowest BCUT2D eigenvalue weighted by atomic mass is 10.2. The second kappa shape index (κ2) is 6.04. The van der Waals surface area contributed by atoms with E-state index in [2.05, 4.69) is 0 Å². The molecule has 0 amide bonds. The van der Waals surface area contributed by atoms with Crippen molar-refractivity contribution in [2.45, 2.75) is 24.8 Å². The van der Waals surface area contributed by atoms with Gasteiger partial charge >= 0.3 is 0 Å². The molecule has 0 spiro atoms. The highest BCUT2D eigenvalue weighted by molar-refractivity contribution is 7.91. The Hall–Kier alpha value is -0.960. The molecule has 118 valence electrons. The van der Waals surface area contributed by atoms with Crippen LogP contribution in [0, 0.1) is 6.92 Å². The molecule has 8 heteroatoms. The molecule has 1 N–H and O–H groups in total. The molecule has 1 fully saturated rings. The van der Waals surface area contributed by atoms with Gasteiger partial charge < -0.3 is 5.11 Å². The standard InChI is InChI=1S/C13H19NO5S2/c1-11-3-4-12(10-15)9-13(11)21(18,19)14-5-2-7-20(16,17)8-6-14/h3-4,9,15H,2,5-8,10H2,1H3. The lowest BCUT2D eigenvalue weighted by molar-refractivity contribution is 0.281. The first-order valence-corrected chi connectivity index (χ1v) is 9.93. The minimum Gasteiger partial charge on any atom is -0.392 e. The van der Waals surface area contributed by atoms with Gasteiger partial charge in [-0.1, -0.05) is 12.1 Å². The summed E-state index contributed by atoms with van der Waals surface area (Å²) >= 11 is 0.